The van der Waals surface area contributed by atoms with Crippen LogP contribution in [0.1, 0.15) is 16.7 Å². The average molecular weight is 362 g/mol. The molecule has 0 spiro atoms. The molecule has 0 fully saturated rings. The predicted molar refractivity (Wildman–Crippen MR) is 101 cm³/mol. The Labute approximate surface area is 145 Å². The van der Waals surface area contributed by atoms with Crippen LogP contribution in [0, 0.1) is 0 Å². The summed E-state index contributed by atoms with van der Waals surface area (Å²) >= 11 is 3.45. The molecule has 0 amide bonds. The van der Waals surface area contributed by atoms with E-state index in [2.05, 4.69) is 63.2 Å². The van der Waals surface area contributed by atoms with E-state index in [4.69, 9.17) is 0 Å². The molecule has 0 aliphatic rings. The number of nitrogens with zero attached hydrogens (tertiary/aromatic N) is 1. The lowest BCUT2D eigenvalue weighted by Crippen LogP contribution is -1.89. The zero-order chi connectivity index (χ0) is 15.9. The standard InChI is InChI=1S/C21H16BrN/c22-20-13-11-17(12-14-20)15-23-16-21(18-7-3-1-4-8-18)19-9-5-2-6-10-19/h1-14H,15H2. The van der Waals surface area contributed by atoms with Gasteiger partial charge in [0.25, 0.3) is 0 Å². The van der Waals surface area contributed by atoms with E-state index in [9.17, 15) is 0 Å². The monoisotopic (exact) mass is 361 g/mol. The fourth-order valence-electron chi connectivity index (χ4n) is 2.31. The van der Waals surface area contributed by atoms with Crippen LogP contribution in [0.3, 0.4) is 0 Å². The van der Waals surface area contributed by atoms with Crippen LogP contribution in [0.5, 0.6) is 0 Å². The number of hydrogen-bond acceptors (Lipinski definition) is 1. The van der Waals surface area contributed by atoms with Gasteiger partial charge in [-0.05, 0) is 34.7 Å². The maximum Gasteiger partial charge on any atom is 0.0734 e. The minimum absolute atomic E-state index is 0.621. The lowest BCUT2D eigenvalue weighted by atomic mass is 9.99. The van der Waals surface area contributed by atoms with Crippen LogP contribution in [0.4, 0.5) is 0 Å². The lowest BCUT2D eigenvalue weighted by Gasteiger charge is -2.04. The van der Waals surface area contributed by atoms with Crippen molar-refractivity contribution in [1.82, 2.24) is 0 Å². The minimum atomic E-state index is 0.621. The van der Waals surface area contributed by atoms with E-state index >= 15 is 0 Å². The zero-order valence-electron chi connectivity index (χ0n) is 12.6. The summed E-state index contributed by atoms with van der Waals surface area (Å²) in [7, 11) is 0. The molecular formula is C21H16BrN. The molecular weight excluding hydrogens is 346 g/mol. The van der Waals surface area contributed by atoms with Crippen molar-refractivity contribution >= 4 is 27.4 Å². The third-order valence-electron chi connectivity index (χ3n) is 3.49. The molecule has 3 rings (SSSR count). The van der Waals surface area contributed by atoms with Crippen molar-refractivity contribution < 1.29 is 0 Å². The van der Waals surface area contributed by atoms with Gasteiger partial charge < -0.3 is 0 Å². The molecule has 0 saturated heterocycles. The zero-order valence-corrected chi connectivity index (χ0v) is 14.2. The Balaban J connectivity index is 1.94. The quantitative estimate of drug-likeness (QED) is 0.524. The summed E-state index contributed by atoms with van der Waals surface area (Å²) in [5, 5.41) is 0. The summed E-state index contributed by atoms with van der Waals surface area (Å²) in [5.41, 5.74) is 4.43. The molecule has 0 aromatic heterocycles. The van der Waals surface area contributed by atoms with Crippen molar-refractivity contribution in [1.29, 1.82) is 0 Å². The van der Waals surface area contributed by atoms with Gasteiger partial charge >= 0.3 is 0 Å². The SMILES string of the molecule is Brc1ccc(CN=C=C(c2ccccc2)c2ccccc2)cc1. The maximum absolute atomic E-state index is 4.52. The third-order valence-corrected chi connectivity index (χ3v) is 4.02. The predicted octanol–water partition coefficient (Wildman–Crippen LogP) is 5.75. The molecule has 0 saturated carbocycles. The highest BCUT2D eigenvalue weighted by molar-refractivity contribution is 9.10. The van der Waals surface area contributed by atoms with E-state index in [1.165, 1.54) is 5.56 Å². The molecule has 0 aliphatic heterocycles. The highest BCUT2D eigenvalue weighted by atomic mass is 79.9. The normalized spacial score (nSPS) is 9.96. The molecule has 0 bridgehead atoms. The Hall–Kier alpha value is -2.41. The molecule has 1 nitrogen and oxygen atoms in total. The highest BCUT2D eigenvalue weighted by Crippen LogP contribution is 2.20. The van der Waals surface area contributed by atoms with Crippen molar-refractivity contribution in [2.45, 2.75) is 6.54 Å². The van der Waals surface area contributed by atoms with Crippen molar-refractivity contribution in [3.8, 4) is 0 Å². The fraction of sp³-hybridized carbons (Fsp3) is 0.0476. The van der Waals surface area contributed by atoms with Crippen molar-refractivity contribution in [3.63, 3.8) is 0 Å². The molecule has 3 aromatic rings. The third kappa shape index (κ3) is 4.29. The second kappa shape index (κ2) is 7.73. The summed E-state index contributed by atoms with van der Waals surface area (Å²) < 4.78 is 1.08. The molecule has 0 aliphatic carbocycles. The Morgan fingerprint density at radius 3 is 1.78 bits per heavy atom. The molecule has 0 heterocycles. The van der Waals surface area contributed by atoms with E-state index in [-0.39, 0.29) is 0 Å². The van der Waals surface area contributed by atoms with Crippen LogP contribution in [-0.2, 0) is 6.54 Å². The lowest BCUT2D eigenvalue weighted by molar-refractivity contribution is 1.08. The summed E-state index contributed by atoms with van der Waals surface area (Å²) in [6.07, 6.45) is 0. The van der Waals surface area contributed by atoms with Gasteiger partial charge in [-0.15, -0.1) is 0 Å². The van der Waals surface area contributed by atoms with Crippen LogP contribution in [0.25, 0.3) is 5.57 Å². The Morgan fingerprint density at radius 2 is 1.26 bits per heavy atom. The maximum atomic E-state index is 4.52. The molecule has 112 valence electrons. The molecule has 0 atom stereocenters. The van der Waals surface area contributed by atoms with Gasteiger partial charge in [0.2, 0.25) is 0 Å². The van der Waals surface area contributed by atoms with Gasteiger partial charge in [-0.2, -0.15) is 0 Å². The van der Waals surface area contributed by atoms with Crippen molar-refractivity contribution in [3.05, 3.63) is 106 Å². The van der Waals surface area contributed by atoms with Crippen LogP contribution in [-0.4, -0.2) is 5.87 Å². The summed E-state index contributed by atoms with van der Waals surface area (Å²) in [4.78, 5) is 4.52. The number of halogens is 1. The Kier molecular flexibility index (Phi) is 5.21. The van der Waals surface area contributed by atoms with E-state index in [0.717, 1.165) is 21.2 Å². The summed E-state index contributed by atoms with van der Waals surface area (Å²) in [5.74, 6) is 3.25. The Bertz CT molecular complexity index is 773. The number of benzene rings is 3. The van der Waals surface area contributed by atoms with E-state index in [1.54, 1.807) is 0 Å². The average Bonchev–Trinajstić information content (AvgIpc) is 2.62. The van der Waals surface area contributed by atoms with E-state index < -0.39 is 0 Å². The molecule has 0 radical (unpaired) electrons. The number of aliphatic imine (C=N–C) groups is 1. The minimum Gasteiger partial charge on any atom is -0.238 e. The topological polar surface area (TPSA) is 12.4 Å². The highest BCUT2D eigenvalue weighted by Gasteiger charge is 2.03. The van der Waals surface area contributed by atoms with Gasteiger partial charge in [-0.3, -0.25) is 0 Å². The fourth-order valence-corrected chi connectivity index (χ4v) is 2.57. The van der Waals surface area contributed by atoms with Crippen molar-refractivity contribution in [2.75, 3.05) is 0 Å². The van der Waals surface area contributed by atoms with Gasteiger partial charge in [0.05, 0.1) is 12.1 Å². The number of hydrogen-bond donors (Lipinski definition) is 0. The first kappa shape index (κ1) is 15.5. The van der Waals surface area contributed by atoms with Crippen LogP contribution >= 0.6 is 15.9 Å². The molecule has 2 heteroatoms. The Morgan fingerprint density at radius 1 is 0.739 bits per heavy atom. The molecule has 0 N–H and O–H groups in total. The first-order valence-electron chi connectivity index (χ1n) is 7.48. The van der Waals surface area contributed by atoms with Gasteiger partial charge in [-0.1, -0.05) is 88.7 Å². The second-order valence-corrected chi connectivity index (χ2v) is 6.08. The molecule has 23 heavy (non-hydrogen) atoms. The summed E-state index contributed by atoms with van der Waals surface area (Å²) in [6, 6.07) is 28.7. The van der Waals surface area contributed by atoms with E-state index in [0.29, 0.717) is 6.54 Å². The van der Waals surface area contributed by atoms with Gasteiger partial charge in [-0.25, -0.2) is 4.99 Å². The second-order valence-electron chi connectivity index (χ2n) is 5.16. The largest absolute Gasteiger partial charge is 0.238 e. The molecule has 0 unspecified atom stereocenters. The van der Waals surface area contributed by atoms with Crippen LogP contribution in [0.15, 0.2) is 94.4 Å². The first-order chi connectivity index (χ1) is 11.3. The number of rotatable bonds is 4. The van der Waals surface area contributed by atoms with Crippen LogP contribution in [0.2, 0.25) is 0 Å². The van der Waals surface area contributed by atoms with Gasteiger partial charge in [0.15, 0.2) is 0 Å². The van der Waals surface area contributed by atoms with Crippen molar-refractivity contribution in [2.24, 2.45) is 4.99 Å². The van der Waals surface area contributed by atoms with Gasteiger partial charge in [0, 0.05) is 4.47 Å². The first-order valence-corrected chi connectivity index (χ1v) is 8.27. The van der Waals surface area contributed by atoms with Crippen LogP contribution < -0.4 is 0 Å². The van der Waals surface area contributed by atoms with Gasteiger partial charge in [0.1, 0.15) is 0 Å². The van der Waals surface area contributed by atoms with E-state index in [1.807, 2.05) is 48.5 Å². The summed E-state index contributed by atoms with van der Waals surface area (Å²) in [6.45, 7) is 0.621. The smallest absolute Gasteiger partial charge is 0.0734 e. The molecule has 3 aromatic carbocycles.